The molecule has 0 spiro atoms. The molecule has 98 valence electrons. The highest BCUT2D eigenvalue weighted by atomic mass is 19.1. The molecule has 0 atom stereocenters. The van der Waals surface area contributed by atoms with E-state index in [0.29, 0.717) is 11.1 Å². The van der Waals surface area contributed by atoms with Crippen molar-refractivity contribution < 1.29 is 9.18 Å². The van der Waals surface area contributed by atoms with E-state index < -0.39 is 0 Å². The molecule has 0 saturated heterocycles. The number of carbonyl (C=O) groups is 1. The minimum Gasteiger partial charge on any atom is -0.290 e. The first-order chi connectivity index (χ1) is 8.95. The molecule has 0 aliphatic rings. The molecule has 1 aromatic carbocycles. The van der Waals surface area contributed by atoms with Crippen LogP contribution in [0.15, 0.2) is 24.3 Å². The van der Waals surface area contributed by atoms with Gasteiger partial charge < -0.3 is 0 Å². The maximum Gasteiger partial charge on any atom is 0.258 e. The highest BCUT2D eigenvalue weighted by Crippen LogP contribution is 2.11. The standard InChI is InChI=1S/C14H14FN3O/c1-8-6-11(4-5-12(8)15)13(19)18-14-16-9(2)7-10(3)17-14/h4-7H,1-3H3,(H,16,17,18,19). The van der Waals surface area contributed by atoms with E-state index in [0.717, 1.165) is 11.4 Å². The molecule has 4 nitrogen and oxygen atoms in total. The van der Waals surface area contributed by atoms with Gasteiger partial charge in [0.15, 0.2) is 0 Å². The smallest absolute Gasteiger partial charge is 0.258 e. The SMILES string of the molecule is Cc1cc(C)nc(NC(=O)c2ccc(F)c(C)c2)n1. The van der Waals surface area contributed by atoms with Crippen molar-refractivity contribution in [2.24, 2.45) is 0 Å². The normalized spacial score (nSPS) is 10.3. The Labute approximate surface area is 110 Å². The molecule has 0 aliphatic carbocycles. The zero-order chi connectivity index (χ0) is 14.0. The van der Waals surface area contributed by atoms with Crippen LogP contribution in [0.5, 0.6) is 0 Å². The molecular weight excluding hydrogens is 245 g/mol. The molecule has 1 N–H and O–H groups in total. The van der Waals surface area contributed by atoms with Crippen LogP contribution >= 0.6 is 0 Å². The van der Waals surface area contributed by atoms with E-state index in [1.54, 1.807) is 6.92 Å². The molecule has 0 radical (unpaired) electrons. The van der Waals surface area contributed by atoms with Crippen LogP contribution in [0.4, 0.5) is 10.3 Å². The molecule has 0 bridgehead atoms. The molecular formula is C14H14FN3O. The van der Waals surface area contributed by atoms with E-state index in [1.807, 2.05) is 19.9 Å². The van der Waals surface area contributed by atoms with Gasteiger partial charge in [0.25, 0.3) is 5.91 Å². The first-order valence-corrected chi connectivity index (χ1v) is 5.85. The Balaban J connectivity index is 2.22. The van der Waals surface area contributed by atoms with E-state index in [1.165, 1.54) is 18.2 Å². The Hall–Kier alpha value is -2.30. The van der Waals surface area contributed by atoms with E-state index in [9.17, 15) is 9.18 Å². The van der Waals surface area contributed by atoms with Gasteiger partial charge in [-0.15, -0.1) is 0 Å². The molecule has 2 aromatic rings. The van der Waals surface area contributed by atoms with Crippen molar-refractivity contribution in [1.29, 1.82) is 0 Å². The number of halogens is 1. The van der Waals surface area contributed by atoms with Crippen molar-refractivity contribution in [3.63, 3.8) is 0 Å². The van der Waals surface area contributed by atoms with Crippen LogP contribution in [0.2, 0.25) is 0 Å². The van der Waals surface area contributed by atoms with Gasteiger partial charge in [0.2, 0.25) is 5.95 Å². The molecule has 5 heteroatoms. The third kappa shape index (κ3) is 3.13. The summed E-state index contributed by atoms with van der Waals surface area (Å²) in [5.74, 6) is -0.434. The van der Waals surface area contributed by atoms with E-state index >= 15 is 0 Å². The summed E-state index contributed by atoms with van der Waals surface area (Å²) in [7, 11) is 0. The fourth-order valence-corrected chi connectivity index (χ4v) is 1.74. The topological polar surface area (TPSA) is 54.9 Å². The van der Waals surface area contributed by atoms with Crippen molar-refractivity contribution in [2.45, 2.75) is 20.8 Å². The van der Waals surface area contributed by atoms with Gasteiger partial charge in [0.1, 0.15) is 5.82 Å². The highest BCUT2D eigenvalue weighted by molar-refractivity contribution is 6.03. The summed E-state index contributed by atoms with van der Waals surface area (Å²) in [5.41, 5.74) is 2.35. The number of benzene rings is 1. The lowest BCUT2D eigenvalue weighted by molar-refractivity contribution is 0.102. The number of aromatic nitrogens is 2. The third-order valence-electron chi connectivity index (χ3n) is 2.63. The first kappa shape index (κ1) is 13.1. The number of carbonyl (C=O) groups excluding carboxylic acids is 1. The number of hydrogen-bond donors (Lipinski definition) is 1. The molecule has 0 saturated carbocycles. The van der Waals surface area contributed by atoms with Gasteiger partial charge in [-0.25, -0.2) is 14.4 Å². The number of hydrogen-bond acceptors (Lipinski definition) is 3. The minimum absolute atomic E-state index is 0.254. The number of anilines is 1. The van der Waals surface area contributed by atoms with Gasteiger partial charge >= 0.3 is 0 Å². The maximum absolute atomic E-state index is 13.1. The summed E-state index contributed by atoms with van der Waals surface area (Å²) in [6.07, 6.45) is 0. The predicted octanol–water partition coefficient (Wildman–Crippen LogP) is 2.79. The Morgan fingerprint density at radius 1 is 1.11 bits per heavy atom. The number of rotatable bonds is 2. The average Bonchev–Trinajstić information content (AvgIpc) is 2.31. The lowest BCUT2D eigenvalue weighted by atomic mass is 10.1. The van der Waals surface area contributed by atoms with Gasteiger partial charge in [-0.2, -0.15) is 0 Å². The van der Waals surface area contributed by atoms with E-state index in [-0.39, 0.29) is 17.7 Å². The van der Waals surface area contributed by atoms with Crippen LogP contribution in [0, 0.1) is 26.6 Å². The maximum atomic E-state index is 13.1. The molecule has 2 rings (SSSR count). The van der Waals surface area contributed by atoms with Crippen molar-refractivity contribution in [3.05, 3.63) is 52.6 Å². The Kier molecular flexibility index (Phi) is 3.55. The third-order valence-corrected chi connectivity index (χ3v) is 2.63. The summed E-state index contributed by atoms with van der Waals surface area (Å²) in [6.45, 7) is 5.26. The van der Waals surface area contributed by atoms with Gasteiger partial charge in [0, 0.05) is 17.0 Å². The van der Waals surface area contributed by atoms with Crippen molar-refractivity contribution in [1.82, 2.24) is 9.97 Å². The molecule has 1 aromatic heterocycles. The van der Waals surface area contributed by atoms with Gasteiger partial charge in [-0.3, -0.25) is 10.1 Å². The van der Waals surface area contributed by atoms with Gasteiger partial charge in [-0.1, -0.05) is 0 Å². The Morgan fingerprint density at radius 3 is 2.32 bits per heavy atom. The second-order valence-electron chi connectivity index (χ2n) is 4.39. The molecule has 1 heterocycles. The van der Waals surface area contributed by atoms with Crippen molar-refractivity contribution in [3.8, 4) is 0 Å². The Morgan fingerprint density at radius 2 is 1.74 bits per heavy atom. The van der Waals surface area contributed by atoms with Crippen LogP contribution in [0.1, 0.15) is 27.3 Å². The highest BCUT2D eigenvalue weighted by Gasteiger charge is 2.10. The Bertz CT molecular complexity index is 620. The zero-order valence-electron chi connectivity index (χ0n) is 11.0. The predicted molar refractivity (Wildman–Crippen MR) is 70.6 cm³/mol. The molecule has 19 heavy (non-hydrogen) atoms. The van der Waals surface area contributed by atoms with Crippen molar-refractivity contribution >= 4 is 11.9 Å². The number of amides is 1. The summed E-state index contributed by atoms with van der Waals surface area (Å²) < 4.78 is 13.1. The first-order valence-electron chi connectivity index (χ1n) is 5.85. The van der Waals surface area contributed by atoms with Crippen LogP contribution in [0.25, 0.3) is 0 Å². The van der Waals surface area contributed by atoms with E-state index in [2.05, 4.69) is 15.3 Å². The fraction of sp³-hybridized carbons (Fsp3) is 0.214. The van der Waals surface area contributed by atoms with Crippen molar-refractivity contribution in [2.75, 3.05) is 5.32 Å². The second-order valence-corrected chi connectivity index (χ2v) is 4.39. The van der Waals surface area contributed by atoms with Crippen LogP contribution < -0.4 is 5.32 Å². The molecule has 0 unspecified atom stereocenters. The fourth-order valence-electron chi connectivity index (χ4n) is 1.74. The zero-order valence-corrected chi connectivity index (χ0v) is 11.0. The lowest BCUT2D eigenvalue weighted by Crippen LogP contribution is -2.15. The monoisotopic (exact) mass is 259 g/mol. The summed E-state index contributed by atoms with van der Waals surface area (Å²) in [5, 5.41) is 2.60. The van der Waals surface area contributed by atoms with Crippen LogP contribution in [-0.4, -0.2) is 15.9 Å². The number of aryl methyl sites for hydroxylation is 3. The number of nitrogens with zero attached hydrogens (tertiary/aromatic N) is 2. The van der Waals surface area contributed by atoms with Crippen LogP contribution in [-0.2, 0) is 0 Å². The molecule has 1 amide bonds. The number of nitrogens with one attached hydrogen (secondary N) is 1. The molecule has 0 aliphatic heterocycles. The second kappa shape index (κ2) is 5.14. The average molecular weight is 259 g/mol. The summed E-state index contributed by atoms with van der Waals surface area (Å²) in [6, 6.07) is 6.01. The minimum atomic E-state index is -0.354. The molecule has 0 fully saturated rings. The van der Waals surface area contributed by atoms with Gasteiger partial charge in [0.05, 0.1) is 0 Å². The van der Waals surface area contributed by atoms with E-state index in [4.69, 9.17) is 0 Å². The van der Waals surface area contributed by atoms with Gasteiger partial charge in [-0.05, 0) is 50.6 Å². The van der Waals surface area contributed by atoms with Crippen LogP contribution in [0.3, 0.4) is 0 Å². The lowest BCUT2D eigenvalue weighted by Gasteiger charge is -2.06. The largest absolute Gasteiger partial charge is 0.290 e. The summed E-state index contributed by atoms with van der Waals surface area (Å²) in [4.78, 5) is 20.2. The summed E-state index contributed by atoms with van der Waals surface area (Å²) >= 11 is 0. The quantitative estimate of drug-likeness (QED) is 0.902.